The van der Waals surface area contributed by atoms with E-state index in [1.807, 2.05) is 29.2 Å². The summed E-state index contributed by atoms with van der Waals surface area (Å²) < 4.78 is 1.26. The van der Waals surface area contributed by atoms with Gasteiger partial charge in [-0.05, 0) is 17.7 Å². The number of carbonyl (C=O) groups is 1. The second kappa shape index (κ2) is 8.87. The first kappa shape index (κ1) is 18.5. The van der Waals surface area contributed by atoms with E-state index in [0.29, 0.717) is 5.75 Å². The standard InChI is InChI=1S/C21H23N3OS2/c25-21(16-26-15-17-6-2-1-3-7-17)24-12-10-23(11-13-24)14-20-22-18-8-4-5-9-19(18)27-20/h1-9H,10-16H2/p+1. The first-order valence-corrected chi connectivity index (χ1v) is 11.3. The van der Waals surface area contributed by atoms with E-state index < -0.39 is 0 Å². The molecular formula is C21H24N3OS2+. The van der Waals surface area contributed by atoms with E-state index in [1.54, 1.807) is 23.1 Å². The van der Waals surface area contributed by atoms with Crippen molar-refractivity contribution in [3.8, 4) is 0 Å². The molecule has 2 aromatic carbocycles. The lowest BCUT2D eigenvalue weighted by atomic mass is 10.2. The van der Waals surface area contributed by atoms with Gasteiger partial charge in [0.2, 0.25) is 5.91 Å². The van der Waals surface area contributed by atoms with Crippen LogP contribution in [0.3, 0.4) is 0 Å². The highest BCUT2D eigenvalue weighted by Gasteiger charge is 2.24. The molecule has 2 heterocycles. The van der Waals surface area contributed by atoms with Gasteiger partial charge in [-0.3, -0.25) is 4.79 Å². The van der Waals surface area contributed by atoms with Crippen molar-refractivity contribution in [2.75, 3.05) is 31.9 Å². The molecule has 4 nitrogen and oxygen atoms in total. The number of thiazole rings is 1. The highest BCUT2D eigenvalue weighted by atomic mass is 32.2. The minimum atomic E-state index is 0.273. The minimum absolute atomic E-state index is 0.273. The zero-order valence-electron chi connectivity index (χ0n) is 15.3. The van der Waals surface area contributed by atoms with Crippen LogP contribution in [-0.2, 0) is 17.1 Å². The molecule has 1 aliphatic rings. The molecule has 0 atom stereocenters. The Hall–Kier alpha value is -1.89. The Bertz CT molecular complexity index is 856. The van der Waals surface area contributed by atoms with Crippen molar-refractivity contribution in [2.24, 2.45) is 0 Å². The van der Waals surface area contributed by atoms with E-state index in [-0.39, 0.29) is 5.91 Å². The maximum atomic E-state index is 12.5. The summed E-state index contributed by atoms with van der Waals surface area (Å²) in [5, 5.41) is 1.20. The molecule has 0 spiro atoms. The van der Waals surface area contributed by atoms with Crippen molar-refractivity contribution >= 4 is 39.2 Å². The Morgan fingerprint density at radius 1 is 1.07 bits per heavy atom. The normalized spacial score (nSPS) is 15.3. The Kier molecular flexibility index (Phi) is 6.07. The molecule has 1 N–H and O–H groups in total. The van der Waals surface area contributed by atoms with Crippen molar-refractivity contribution in [1.29, 1.82) is 0 Å². The monoisotopic (exact) mass is 398 g/mol. The third-order valence-electron chi connectivity index (χ3n) is 4.90. The summed E-state index contributed by atoms with van der Waals surface area (Å²) in [5.74, 6) is 1.74. The van der Waals surface area contributed by atoms with Crippen LogP contribution in [0.1, 0.15) is 10.6 Å². The molecule has 140 valence electrons. The van der Waals surface area contributed by atoms with Gasteiger partial charge in [-0.2, -0.15) is 0 Å². The number of nitrogens with zero attached hydrogens (tertiary/aromatic N) is 2. The Morgan fingerprint density at radius 2 is 1.81 bits per heavy atom. The van der Waals surface area contributed by atoms with Gasteiger partial charge in [0.1, 0.15) is 11.6 Å². The predicted molar refractivity (Wildman–Crippen MR) is 113 cm³/mol. The van der Waals surface area contributed by atoms with Crippen molar-refractivity contribution in [3.63, 3.8) is 0 Å². The number of para-hydroxylation sites is 1. The predicted octanol–water partition coefficient (Wildman–Crippen LogP) is 2.46. The number of nitrogens with one attached hydrogen (secondary N) is 1. The van der Waals surface area contributed by atoms with E-state index in [2.05, 4.69) is 30.3 Å². The van der Waals surface area contributed by atoms with Gasteiger partial charge in [-0.1, -0.05) is 42.5 Å². The van der Waals surface area contributed by atoms with Gasteiger partial charge in [-0.25, -0.2) is 4.98 Å². The van der Waals surface area contributed by atoms with Gasteiger partial charge >= 0.3 is 0 Å². The van der Waals surface area contributed by atoms with Gasteiger partial charge < -0.3 is 9.80 Å². The molecule has 0 bridgehead atoms. The highest BCUT2D eigenvalue weighted by molar-refractivity contribution is 7.99. The molecular weight excluding hydrogens is 374 g/mol. The molecule has 1 fully saturated rings. The van der Waals surface area contributed by atoms with Gasteiger partial charge in [0.15, 0.2) is 0 Å². The number of fused-ring (bicyclic) bond motifs is 1. The topological polar surface area (TPSA) is 37.6 Å². The minimum Gasteiger partial charge on any atom is -0.331 e. The lowest BCUT2D eigenvalue weighted by Gasteiger charge is -2.31. The fourth-order valence-corrected chi connectivity index (χ4v) is 5.31. The number of quaternary nitrogens is 1. The van der Waals surface area contributed by atoms with Gasteiger partial charge in [-0.15, -0.1) is 23.1 Å². The molecule has 4 rings (SSSR count). The smallest absolute Gasteiger partial charge is 0.232 e. The maximum Gasteiger partial charge on any atom is 0.232 e. The SMILES string of the molecule is O=C(CSCc1ccccc1)N1CC[NH+](Cc2nc3ccccc3s2)CC1. The fourth-order valence-electron chi connectivity index (χ4n) is 3.38. The molecule has 6 heteroatoms. The molecule has 0 aliphatic carbocycles. The number of aromatic nitrogens is 1. The van der Waals surface area contributed by atoms with Crippen molar-refractivity contribution in [3.05, 3.63) is 65.2 Å². The first-order chi connectivity index (χ1) is 13.3. The summed E-state index contributed by atoms with van der Waals surface area (Å²) in [6.07, 6.45) is 0. The summed E-state index contributed by atoms with van der Waals surface area (Å²) >= 11 is 3.50. The number of amides is 1. The number of rotatable bonds is 6. The average Bonchev–Trinajstić information content (AvgIpc) is 3.11. The van der Waals surface area contributed by atoms with Gasteiger partial charge in [0.25, 0.3) is 0 Å². The van der Waals surface area contributed by atoms with E-state index in [0.717, 1.165) is 44.0 Å². The van der Waals surface area contributed by atoms with Gasteiger partial charge in [0.05, 0.1) is 42.1 Å². The number of hydrogen-bond acceptors (Lipinski definition) is 4. The zero-order valence-corrected chi connectivity index (χ0v) is 16.9. The third-order valence-corrected chi connectivity index (χ3v) is 6.92. The fraction of sp³-hybridized carbons (Fsp3) is 0.333. The second-order valence-corrected chi connectivity index (χ2v) is 8.96. The quantitative estimate of drug-likeness (QED) is 0.693. The summed E-state index contributed by atoms with van der Waals surface area (Å²) in [5.41, 5.74) is 2.38. The largest absolute Gasteiger partial charge is 0.331 e. The van der Waals surface area contributed by atoms with Gasteiger partial charge in [0, 0.05) is 5.75 Å². The summed E-state index contributed by atoms with van der Waals surface area (Å²) in [7, 11) is 0. The third kappa shape index (κ3) is 4.89. The van der Waals surface area contributed by atoms with Crippen molar-refractivity contribution in [1.82, 2.24) is 9.88 Å². The Labute approximate surface area is 168 Å². The number of hydrogen-bond donors (Lipinski definition) is 1. The molecule has 0 unspecified atom stereocenters. The van der Waals surface area contributed by atoms with Crippen LogP contribution in [0.4, 0.5) is 0 Å². The highest BCUT2D eigenvalue weighted by Crippen LogP contribution is 2.20. The number of thioether (sulfide) groups is 1. The zero-order chi connectivity index (χ0) is 18.5. The molecule has 27 heavy (non-hydrogen) atoms. The van der Waals surface area contributed by atoms with Crippen LogP contribution < -0.4 is 4.90 Å². The summed E-state index contributed by atoms with van der Waals surface area (Å²) in [6, 6.07) is 18.7. The average molecular weight is 399 g/mol. The van der Waals surface area contributed by atoms with E-state index in [4.69, 9.17) is 4.98 Å². The Morgan fingerprint density at radius 3 is 2.59 bits per heavy atom. The van der Waals surface area contributed by atoms with E-state index in [1.165, 1.54) is 20.2 Å². The van der Waals surface area contributed by atoms with E-state index in [9.17, 15) is 4.79 Å². The molecule has 0 radical (unpaired) electrons. The molecule has 3 aromatic rings. The van der Waals surface area contributed by atoms with Crippen molar-refractivity contribution < 1.29 is 9.69 Å². The van der Waals surface area contributed by atoms with Crippen LogP contribution in [0.25, 0.3) is 10.2 Å². The number of carbonyl (C=O) groups excluding carboxylic acids is 1. The van der Waals surface area contributed by atoms with E-state index >= 15 is 0 Å². The molecule has 1 amide bonds. The molecule has 0 saturated carbocycles. The van der Waals surface area contributed by atoms with Crippen LogP contribution in [0, 0.1) is 0 Å². The second-order valence-electron chi connectivity index (χ2n) is 6.86. The van der Waals surface area contributed by atoms with Crippen LogP contribution in [-0.4, -0.2) is 47.7 Å². The number of piperazine rings is 1. The molecule has 1 saturated heterocycles. The summed E-state index contributed by atoms with van der Waals surface area (Å²) in [6.45, 7) is 4.68. The Balaban J connectivity index is 1.21. The lowest BCUT2D eigenvalue weighted by molar-refractivity contribution is -0.917. The molecule has 1 aliphatic heterocycles. The molecule has 1 aromatic heterocycles. The summed E-state index contributed by atoms with van der Waals surface area (Å²) in [4.78, 5) is 20.8. The maximum absolute atomic E-state index is 12.5. The first-order valence-electron chi connectivity index (χ1n) is 9.35. The number of benzene rings is 2. The van der Waals surface area contributed by atoms with Crippen LogP contribution in [0.15, 0.2) is 54.6 Å². The van der Waals surface area contributed by atoms with Crippen LogP contribution in [0.2, 0.25) is 0 Å². The van der Waals surface area contributed by atoms with Crippen LogP contribution in [0.5, 0.6) is 0 Å². The lowest BCUT2D eigenvalue weighted by Crippen LogP contribution is -3.13. The van der Waals surface area contributed by atoms with Crippen molar-refractivity contribution in [2.45, 2.75) is 12.3 Å². The van der Waals surface area contributed by atoms with Crippen LogP contribution >= 0.6 is 23.1 Å².